The van der Waals surface area contributed by atoms with Gasteiger partial charge in [-0.25, -0.2) is 4.39 Å². The van der Waals surface area contributed by atoms with E-state index in [9.17, 15) is 9.18 Å². The number of nitrogens with zero attached hydrogens (tertiary/aromatic N) is 1. The van der Waals surface area contributed by atoms with Gasteiger partial charge in [-0.1, -0.05) is 18.2 Å². The van der Waals surface area contributed by atoms with Gasteiger partial charge >= 0.3 is 0 Å². The van der Waals surface area contributed by atoms with Crippen LogP contribution in [0.15, 0.2) is 24.3 Å². The molecule has 3 rings (SSSR count). The highest BCUT2D eigenvalue weighted by molar-refractivity contribution is 5.78. The molecule has 0 saturated carbocycles. The lowest BCUT2D eigenvalue weighted by molar-refractivity contribution is -0.153. The maximum atomic E-state index is 13.7. The summed E-state index contributed by atoms with van der Waals surface area (Å²) >= 11 is 0. The summed E-state index contributed by atoms with van der Waals surface area (Å²) in [5.74, 6) is 0.126. The van der Waals surface area contributed by atoms with E-state index in [4.69, 9.17) is 4.74 Å². The average molecular weight is 292 g/mol. The smallest absolute Gasteiger partial charge is 0.248 e. The summed E-state index contributed by atoms with van der Waals surface area (Å²) in [5.41, 5.74) is 0.563. The third-order valence-corrected chi connectivity index (χ3v) is 4.35. The van der Waals surface area contributed by atoms with Crippen LogP contribution >= 0.6 is 0 Å². The minimum absolute atomic E-state index is 0.0572. The lowest BCUT2D eigenvalue weighted by Crippen LogP contribution is -2.51. The lowest BCUT2D eigenvalue weighted by atomic mass is 9.92. The van der Waals surface area contributed by atoms with E-state index in [0.717, 1.165) is 25.9 Å². The number of carbonyl (C=O) groups is 1. The van der Waals surface area contributed by atoms with Gasteiger partial charge in [-0.05, 0) is 31.4 Å². The zero-order chi connectivity index (χ0) is 14.7. The maximum absolute atomic E-state index is 13.7. The zero-order valence-corrected chi connectivity index (χ0v) is 12.1. The number of benzene rings is 1. The van der Waals surface area contributed by atoms with E-state index in [-0.39, 0.29) is 24.4 Å². The second-order valence-corrected chi connectivity index (χ2v) is 5.82. The number of morpholine rings is 1. The van der Waals surface area contributed by atoms with Crippen molar-refractivity contribution in [1.82, 2.24) is 10.2 Å². The molecule has 0 radical (unpaired) electrons. The predicted octanol–water partition coefficient (Wildman–Crippen LogP) is 1.55. The minimum Gasteiger partial charge on any atom is -0.366 e. The fraction of sp³-hybridized carbons (Fsp3) is 0.562. The van der Waals surface area contributed by atoms with Crippen molar-refractivity contribution < 1.29 is 13.9 Å². The van der Waals surface area contributed by atoms with Crippen LogP contribution in [0, 0.1) is 11.7 Å². The van der Waals surface area contributed by atoms with Crippen LogP contribution < -0.4 is 5.32 Å². The van der Waals surface area contributed by atoms with Crippen molar-refractivity contribution >= 4 is 5.91 Å². The highest BCUT2D eigenvalue weighted by Crippen LogP contribution is 2.22. The second-order valence-electron chi connectivity index (χ2n) is 5.82. The number of ether oxygens (including phenoxy) is 1. The maximum Gasteiger partial charge on any atom is 0.248 e. The standard InChI is InChI=1S/C16H21FN2O2/c17-14-6-2-1-4-13(14)9-19-10-15(21-11-16(19)20)12-5-3-7-18-8-12/h1-2,4,6,12,15,18H,3,5,7-11H2. The topological polar surface area (TPSA) is 41.6 Å². The van der Waals surface area contributed by atoms with Crippen LogP contribution in [-0.4, -0.2) is 43.2 Å². The molecular weight excluding hydrogens is 271 g/mol. The molecule has 2 aliphatic rings. The van der Waals surface area contributed by atoms with Crippen LogP contribution in [0.4, 0.5) is 4.39 Å². The Hall–Kier alpha value is -1.46. The summed E-state index contributed by atoms with van der Waals surface area (Å²) in [4.78, 5) is 13.7. The minimum atomic E-state index is -0.257. The fourth-order valence-corrected chi connectivity index (χ4v) is 3.11. The van der Waals surface area contributed by atoms with Crippen molar-refractivity contribution in [2.75, 3.05) is 26.2 Å². The van der Waals surface area contributed by atoms with Gasteiger partial charge in [-0.15, -0.1) is 0 Å². The van der Waals surface area contributed by atoms with Crippen molar-refractivity contribution in [1.29, 1.82) is 0 Å². The van der Waals surface area contributed by atoms with E-state index < -0.39 is 0 Å². The Bertz CT molecular complexity index is 503. The van der Waals surface area contributed by atoms with Crippen LogP contribution in [0.3, 0.4) is 0 Å². The Morgan fingerprint density at radius 2 is 2.24 bits per heavy atom. The van der Waals surface area contributed by atoms with Gasteiger partial charge in [0, 0.05) is 25.2 Å². The molecule has 2 unspecified atom stereocenters. The molecule has 0 aliphatic carbocycles. The number of hydrogen-bond acceptors (Lipinski definition) is 3. The van der Waals surface area contributed by atoms with E-state index >= 15 is 0 Å². The molecule has 4 nitrogen and oxygen atoms in total. The first-order chi connectivity index (χ1) is 10.2. The van der Waals surface area contributed by atoms with Crippen molar-refractivity contribution in [3.63, 3.8) is 0 Å². The number of piperidine rings is 1. The molecule has 0 bridgehead atoms. The van der Waals surface area contributed by atoms with Gasteiger partial charge in [0.1, 0.15) is 12.4 Å². The highest BCUT2D eigenvalue weighted by Gasteiger charge is 2.32. The van der Waals surface area contributed by atoms with Gasteiger partial charge in [-0.2, -0.15) is 0 Å². The van der Waals surface area contributed by atoms with E-state index in [1.165, 1.54) is 6.07 Å². The Balaban J connectivity index is 1.66. The number of amides is 1. The first-order valence-electron chi connectivity index (χ1n) is 7.57. The van der Waals surface area contributed by atoms with Gasteiger partial charge in [0.2, 0.25) is 5.91 Å². The third kappa shape index (κ3) is 3.41. The van der Waals surface area contributed by atoms with Crippen molar-refractivity contribution in [2.45, 2.75) is 25.5 Å². The Kier molecular flexibility index (Phi) is 4.51. The van der Waals surface area contributed by atoms with E-state index in [1.54, 1.807) is 23.1 Å². The molecule has 2 fully saturated rings. The van der Waals surface area contributed by atoms with Crippen LogP contribution in [0.2, 0.25) is 0 Å². The fourth-order valence-electron chi connectivity index (χ4n) is 3.11. The van der Waals surface area contributed by atoms with Gasteiger partial charge in [0.15, 0.2) is 0 Å². The molecule has 21 heavy (non-hydrogen) atoms. The molecule has 2 aliphatic heterocycles. The van der Waals surface area contributed by atoms with Crippen LogP contribution in [-0.2, 0) is 16.1 Å². The molecule has 1 N–H and O–H groups in total. The van der Waals surface area contributed by atoms with Gasteiger partial charge in [0.05, 0.1) is 6.10 Å². The summed E-state index contributed by atoms with van der Waals surface area (Å²) in [6, 6.07) is 6.63. The van der Waals surface area contributed by atoms with E-state index in [1.807, 2.05) is 0 Å². The molecule has 2 atom stereocenters. The van der Waals surface area contributed by atoms with Crippen LogP contribution in [0.25, 0.3) is 0 Å². The molecule has 5 heteroatoms. The zero-order valence-electron chi connectivity index (χ0n) is 12.1. The van der Waals surface area contributed by atoms with E-state index in [2.05, 4.69) is 5.32 Å². The van der Waals surface area contributed by atoms with E-state index in [0.29, 0.717) is 24.6 Å². The highest BCUT2D eigenvalue weighted by atomic mass is 19.1. The number of rotatable bonds is 3. The number of nitrogens with one attached hydrogen (secondary N) is 1. The molecule has 114 valence electrons. The third-order valence-electron chi connectivity index (χ3n) is 4.35. The molecule has 0 spiro atoms. The Morgan fingerprint density at radius 3 is 3.00 bits per heavy atom. The molecule has 1 aromatic carbocycles. The first-order valence-corrected chi connectivity index (χ1v) is 7.57. The molecular formula is C16H21FN2O2. The molecule has 0 aromatic heterocycles. The summed E-state index contributed by atoms with van der Waals surface area (Å²) in [7, 11) is 0. The largest absolute Gasteiger partial charge is 0.366 e. The molecule has 2 heterocycles. The number of hydrogen-bond donors (Lipinski definition) is 1. The predicted molar refractivity (Wildman–Crippen MR) is 77.2 cm³/mol. The second kappa shape index (κ2) is 6.54. The van der Waals surface area contributed by atoms with Crippen molar-refractivity contribution in [3.05, 3.63) is 35.6 Å². The molecule has 2 saturated heterocycles. The SMILES string of the molecule is O=C1COC(C2CCCNC2)CN1Cc1ccccc1F. The first kappa shape index (κ1) is 14.5. The van der Waals surface area contributed by atoms with Crippen LogP contribution in [0.5, 0.6) is 0 Å². The van der Waals surface area contributed by atoms with Gasteiger partial charge in [-0.3, -0.25) is 4.79 Å². The Labute approximate surface area is 124 Å². The van der Waals surface area contributed by atoms with Crippen LogP contribution in [0.1, 0.15) is 18.4 Å². The summed E-state index contributed by atoms with van der Waals surface area (Å²) in [6.07, 6.45) is 2.33. The normalized spacial score (nSPS) is 26.9. The monoisotopic (exact) mass is 292 g/mol. The van der Waals surface area contributed by atoms with Gasteiger partial charge < -0.3 is 15.0 Å². The quantitative estimate of drug-likeness (QED) is 0.919. The number of carbonyl (C=O) groups excluding carboxylic acids is 1. The number of halogens is 1. The average Bonchev–Trinajstić information content (AvgIpc) is 2.52. The summed E-state index contributed by atoms with van der Waals surface area (Å²) in [6.45, 7) is 2.98. The lowest BCUT2D eigenvalue weighted by Gasteiger charge is -2.38. The molecule has 1 aromatic rings. The summed E-state index contributed by atoms with van der Waals surface area (Å²) in [5, 5.41) is 3.37. The van der Waals surface area contributed by atoms with Crippen molar-refractivity contribution in [2.24, 2.45) is 5.92 Å². The Morgan fingerprint density at radius 1 is 1.38 bits per heavy atom. The summed E-state index contributed by atoms with van der Waals surface area (Å²) < 4.78 is 19.4. The van der Waals surface area contributed by atoms with Gasteiger partial charge in [0.25, 0.3) is 0 Å². The van der Waals surface area contributed by atoms with Crippen molar-refractivity contribution in [3.8, 4) is 0 Å². The molecule has 1 amide bonds.